The average molecular weight is 330 g/mol. The van der Waals surface area contributed by atoms with Crippen molar-refractivity contribution in [2.45, 2.75) is 19.3 Å². The van der Waals surface area contributed by atoms with Gasteiger partial charge in [-0.1, -0.05) is 29.5 Å². The molecule has 112 valence electrons. The zero-order valence-electron chi connectivity index (χ0n) is 11.7. The molecule has 0 atom stereocenters. The van der Waals surface area contributed by atoms with Crippen molar-refractivity contribution in [2.24, 2.45) is 0 Å². The lowest BCUT2D eigenvalue weighted by molar-refractivity contribution is -0.116. The Morgan fingerprint density at radius 1 is 1.09 bits per heavy atom. The lowest BCUT2D eigenvalue weighted by atomic mass is 10.1. The summed E-state index contributed by atoms with van der Waals surface area (Å²) >= 11 is 2.89. The van der Waals surface area contributed by atoms with Crippen molar-refractivity contribution < 1.29 is 9.59 Å². The van der Waals surface area contributed by atoms with E-state index < -0.39 is 0 Å². The number of anilines is 1. The van der Waals surface area contributed by atoms with Crippen LogP contribution in [0.1, 0.15) is 28.9 Å². The Morgan fingerprint density at radius 3 is 2.73 bits per heavy atom. The molecule has 0 saturated carbocycles. The molecular formula is C16H14N2O2S2. The number of thiazole rings is 1. The van der Waals surface area contributed by atoms with E-state index in [2.05, 4.69) is 10.3 Å². The minimum Gasteiger partial charge on any atom is -0.302 e. The zero-order valence-corrected chi connectivity index (χ0v) is 13.4. The van der Waals surface area contributed by atoms with E-state index in [1.807, 2.05) is 41.8 Å². The first-order valence-electron chi connectivity index (χ1n) is 6.94. The molecule has 0 unspecified atom stereocenters. The molecule has 0 aliphatic carbocycles. The first-order chi connectivity index (χ1) is 10.7. The summed E-state index contributed by atoms with van der Waals surface area (Å²) < 4.78 is 1.05. The van der Waals surface area contributed by atoms with E-state index in [1.165, 1.54) is 22.7 Å². The van der Waals surface area contributed by atoms with Gasteiger partial charge in [0.2, 0.25) is 5.91 Å². The highest BCUT2D eigenvalue weighted by molar-refractivity contribution is 7.22. The summed E-state index contributed by atoms with van der Waals surface area (Å²) in [5.41, 5.74) is 0.885. The van der Waals surface area contributed by atoms with Crippen molar-refractivity contribution in [1.29, 1.82) is 0 Å². The molecule has 0 aliphatic heterocycles. The summed E-state index contributed by atoms with van der Waals surface area (Å²) in [7, 11) is 0. The minimum absolute atomic E-state index is 0.0990. The third-order valence-electron chi connectivity index (χ3n) is 3.14. The van der Waals surface area contributed by atoms with Gasteiger partial charge < -0.3 is 5.32 Å². The van der Waals surface area contributed by atoms with Gasteiger partial charge in [-0.3, -0.25) is 9.59 Å². The fourth-order valence-electron chi connectivity index (χ4n) is 2.08. The van der Waals surface area contributed by atoms with Crippen molar-refractivity contribution in [3.63, 3.8) is 0 Å². The molecule has 1 aromatic carbocycles. The van der Waals surface area contributed by atoms with Crippen LogP contribution in [-0.4, -0.2) is 16.7 Å². The van der Waals surface area contributed by atoms with E-state index in [-0.39, 0.29) is 11.7 Å². The average Bonchev–Trinajstić information content (AvgIpc) is 3.15. The van der Waals surface area contributed by atoms with Crippen molar-refractivity contribution in [1.82, 2.24) is 4.98 Å². The predicted molar refractivity (Wildman–Crippen MR) is 90.8 cm³/mol. The number of carbonyl (C=O) groups is 2. The van der Waals surface area contributed by atoms with Crippen LogP contribution in [0.3, 0.4) is 0 Å². The van der Waals surface area contributed by atoms with E-state index in [0.29, 0.717) is 24.4 Å². The molecule has 1 N–H and O–H groups in total. The number of thiophene rings is 1. The fraction of sp³-hybridized carbons (Fsp3) is 0.188. The third-order valence-corrected chi connectivity index (χ3v) is 5.01. The second-order valence-electron chi connectivity index (χ2n) is 4.79. The molecule has 2 heterocycles. The fourth-order valence-corrected chi connectivity index (χ4v) is 3.65. The van der Waals surface area contributed by atoms with Crippen LogP contribution in [0.2, 0.25) is 0 Å². The number of amides is 1. The lowest BCUT2D eigenvalue weighted by Crippen LogP contribution is -2.11. The van der Waals surface area contributed by atoms with E-state index in [4.69, 9.17) is 0 Å². The number of hydrogen-bond donors (Lipinski definition) is 1. The van der Waals surface area contributed by atoms with Gasteiger partial charge in [-0.05, 0) is 30.0 Å². The van der Waals surface area contributed by atoms with Crippen molar-refractivity contribution in [3.8, 4) is 0 Å². The van der Waals surface area contributed by atoms with E-state index in [1.54, 1.807) is 0 Å². The minimum atomic E-state index is -0.0990. The maximum absolute atomic E-state index is 11.9. The van der Waals surface area contributed by atoms with Crippen LogP contribution >= 0.6 is 22.7 Å². The number of carbonyl (C=O) groups excluding carboxylic acids is 2. The van der Waals surface area contributed by atoms with Gasteiger partial charge in [-0.2, -0.15) is 0 Å². The van der Waals surface area contributed by atoms with Gasteiger partial charge in [0.1, 0.15) is 0 Å². The van der Waals surface area contributed by atoms with Crippen molar-refractivity contribution >= 4 is 49.7 Å². The maximum Gasteiger partial charge on any atom is 0.226 e. The van der Waals surface area contributed by atoms with Crippen molar-refractivity contribution in [2.75, 3.05) is 5.32 Å². The van der Waals surface area contributed by atoms with Gasteiger partial charge >= 0.3 is 0 Å². The zero-order chi connectivity index (χ0) is 15.4. The van der Waals surface area contributed by atoms with E-state index in [0.717, 1.165) is 15.1 Å². The van der Waals surface area contributed by atoms with Crippen LogP contribution in [0.15, 0.2) is 41.8 Å². The Bertz CT molecular complexity index is 760. The van der Waals surface area contributed by atoms with Crippen LogP contribution in [0.5, 0.6) is 0 Å². The lowest BCUT2D eigenvalue weighted by Gasteiger charge is -2.01. The normalized spacial score (nSPS) is 10.7. The molecule has 0 radical (unpaired) electrons. The van der Waals surface area contributed by atoms with Gasteiger partial charge in [0.05, 0.1) is 15.1 Å². The van der Waals surface area contributed by atoms with Crippen LogP contribution in [0.25, 0.3) is 10.2 Å². The SMILES string of the molecule is O=C(CCCC(=O)c1cccs1)Nc1nc2ccccc2s1. The highest BCUT2D eigenvalue weighted by Crippen LogP contribution is 2.25. The molecule has 2 aromatic heterocycles. The number of fused-ring (bicyclic) bond motifs is 1. The molecule has 0 bridgehead atoms. The number of para-hydroxylation sites is 1. The molecule has 4 nitrogen and oxygen atoms in total. The smallest absolute Gasteiger partial charge is 0.226 e. The van der Waals surface area contributed by atoms with Gasteiger partial charge in [-0.15, -0.1) is 11.3 Å². The molecule has 0 aliphatic rings. The van der Waals surface area contributed by atoms with E-state index in [9.17, 15) is 9.59 Å². The second-order valence-corrected chi connectivity index (χ2v) is 6.77. The Kier molecular flexibility index (Phi) is 4.60. The number of aromatic nitrogens is 1. The Balaban J connectivity index is 1.49. The number of ketones is 1. The third kappa shape index (κ3) is 3.58. The number of hydrogen-bond acceptors (Lipinski definition) is 5. The summed E-state index contributed by atoms with van der Waals surface area (Å²) in [5.74, 6) is 0.000762. The van der Waals surface area contributed by atoms with Crippen LogP contribution < -0.4 is 5.32 Å². The number of benzene rings is 1. The molecule has 1 amide bonds. The molecule has 0 fully saturated rings. The van der Waals surface area contributed by atoms with Gasteiger partial charge in [0.15, 0.2) is 10.9 Å². The molecule has 22 heavy (non-hydrogen) atoms. The Morgan fingerprint density at radius 2 is 1.95 bits per heavy atom. The molecule has 3 aromatic rings. The number of nitrogens with one attached hydrogen (secondary N) is 1. The Labute approximate surface area is 135 Å². The summed E-state index contributed by atoms with van der Waals surface area (Å²) in [6.07, 6.45) is 1.27. The highest BCUT2D eigenvalue weighted by Gasteiger charge is 2.10. The first-order valence-corrected chi connectivity index (χ1v) is 8.64. The maximum atomic E-state index is 11.9. The number of Topliss-reactive ketones (excluding diaryl/α,β-unsaturated/α-hetero) is 1. The Hall–Kier alpha value is -2.05. The summed E-state index contributed by atoms with van der Waals surface area (Å²) in [6, 6.07) is 11.4. The largest absolute Gasteiger partial charge is 0.302 e. The number of rotatable bonds is 6. The molecular weight excluding hydrogens is 316 g/mol. The van der Waals surface area contributed by atoms with E-state index >= 15 is 0 Å². The van der Waals surface area contributed by atoms with Gasteiger partial charge in [-0.25, -0.2) is 4.98 Å². The molecule has 0 saturated heterocycles. The number of nitrogens with zero attached hydrogens (tertiary/aromatic N) is 1. The standard InChI is InChI=1S/C16H14N2O2S2/c19-12(14-8-4-10-21-14)6-3-9-15(20)18-16-17-11-5-1-2-7-13(11)22-16/h1-2,4-5,7-8,10H,3,6,9H2,(H,17,18,20). The summed E-state index contributed by atoms with van der Waals surface area (Å²) in [6.45, 7) is 0. The van der Waals surface area contributed by atoms with Gasteiger partial charge in [0.25, 0.3) is 0 Å². The quantitative estimate of drug-likeness (QED) is 0.684. The molecule has 0 spiro atoms. The summed E-state index contributed by atoms with van der Waals surface area (Å²) in [4.78, 5) is 28.8. The second kappa shape index (κ2) is 6.81. The van der Waals surface area contributed by atoms with Gasteiger partial charge in [0, 0.05) is 12.8 Å². The molecule has 6 heteroatoms. The topological polar surface area (TPSA) is 59.1 Å². The molecule has 3 rings (SSSR count). The van der Waals surface area contributed by atoms with Crippen molar-refractivity contribution in [3.05, 3.63) is 46.7 Å². The van der Waals surface area contributed by atoms with Crippen LogP contribution in [0, 0.1) is 0 Å². The highest BCUT2D eigenvalue weighted by atomic mass is 32.1. The summed E-state index contributed by atoms with van der Waals surface area (Å²) in [5, 5.41) is 5.29. The van der Waals surface area contributed by atoms with Crippen LogP contribution in [-0.2, 0) is 4.79 Å². The predicted octanol–water partition coefficient (Wildman–Crippen LogP) is 4.35. The first kappa shape index (κ1) is 14.9. The monoisotopic (exact) mass is 330 g/mol. The van der Waals surface area contributed by atoms with Crippen LogP contribution in [0.4, 0.5) is 5.13 Å².